The number of carboxylic acids is 1. The minimum atomic E-state index is -0.956. The highest BCUT2D eigenvalue weighted by Crippen LogP contribution is 2.21. The van der Waals surface area contributed by atoms with Crippen molar-refractivity contribution in [1.29, 1.82) is 0 Å². The van der Waals surface area contributed by atoms with E-state index < -0.39 is 5.97 Å². The van der Waals surface area contributed by atoms with Crippen LogP contribution in [0.15, 0.2) is 18.2 Å². The fourth-order valence-corrected chi connectivity index (χ4v) is 1.68. The summed E-state index contributed by atoms with van der Waals surface area (Å²) in [5.74, 6) is -0.956. The Bertz CT molecular complexity index is 391. The zero-order valence-electron chi connectivity index (χ0n) is 10.4. The number of carbonyl (C=O) groups is 1. The van der Waals surface area contributed by atoms with Gasteiger partial charge in [-0.25, -0.2) is 4.79 Å². The van der Waals surface area contributed by atoms with E-state index in [9.17, 15) is 4.79 Å². The van der Waals surface area contributed by atoms with E-state index in [0.29, 0.717) is 11.7 Å². The zero-order valence-corrected chi connectivity index (χ0v) is 10.4. The van der Waals surface area contributed by atoms with Gasteiger partial charge in [-0.05, 0) is 31.5 Å². The molecule has 17 heavy (non-hydrogen) atoms. The molecule has 0 aliphatic rings. The molecular formula is C13H20N2O2. The molecule has 0 aromatic heterocycles. The molecule has 0 aliphatic carbocycles. The van der Waals surface area contributed by atoms with Gasteiger partial charge in [-0.3, -0.25) is 0 Å². The van der Waals surface area contributed by atoms with Crippen molar-refractivity contribution in [3.63, 3.8) is 0 Å². The molecule has 0 amide bonds. The minimum Gasteiger partial charge on any atom is -0.478 e. The van der Waals surface area contributed by atoms with Crippen molar-refractivity contribution in [2.75, 3.05) is 11.1 Å². The average molecular weight is 236 g/mol. The number of benzene rings is 1. The second kappa shape index (κ2) is 6.13. The molecule has 0 heterocycles. The van der Waals surface area contributed by atoms with Gasteiger partial charge in [-0.15, -0.1) is 0 Å². The van der Waals surface area contributed by atoms with Crippen LogP contribution in [0.4, 0.5) is 11.4 Å². The van der Waals surface area contributed by atoms with Gasteiger partial charge in [-0.1, -0.05) is 19.8 Å². The van der Waals surface area contributed by atoms with Crippen molar-refractivity contribution in [1.82, 2.24) is 0 Å². The summed E-state index contributed by atoms with van der Waals surface area (Å²) in [6, 6.07) is 5.11. The Labute approximate surface area is 102 Å². The van der Waals surface area contributed by atoms with Gasteiger partial charge >= 0.3 is 5.97 Å². The molecule has 4 N–H and O–H groups in total. The zero-order chi connectivity index (χ0) is 12.8. The maximum atomic E-state index is 10.8. The first-order valence-corrected chi connectivity index (χ1v) is 5.94. The van der Waals surface area contributed by atoms with Crippen molar-refractivity contribution in [3.05, 3.63) is 23.8 Å². The lowest BCUT2D eigenvalue weighted by Crippen LogP contribution is -2.16. The van der Waals surface area contributed by atoms with Crippen molar-refractivity contribution in [3.8, 4) is 0 Å². The lowest BCUT2D eigenvalue weighted by atomic mass is 10.1. The number of carboxylic acid groups (broad SMARTS) is 1. The van der Waals surface area contributed by atoms with E-state index in [0.717, 1.165) is 12.1 Å². The molecule has 4 heteroatoms. The lowest BCUT2D eigenvalue weighted by molar-refractivity contribution is 0.0697. The highest BCUT2D eigenvalue weighted by atomic mass is 16.4. The van der Waals surface area contributed by atoms with E-state index in [1.165, 1.54) is 18.9 Å². The van der Waals surface area contributed by atoms with Crippen LogP contribution < -0.4 is 11.1 Å². The normalized spacial score (nSPS) is 12.1. The van der Waals surface area contributed by atoms with E-state index in [1.807, 2.05) is 0 Å². The SMILES string of the molecule is CCCCC(C)Nc1ccc(C(=O)O)cc1N. The van der Waals surface area contributed by atoms with Crippen molar-refractivity contribution in [2.45, 2.75) is 39.2 Å². The number of nitrogens with two attached hydrogens (primary N) is 1. The number of unbranched alkanes of at least 4 members (excludes halogenated alkanes) is 1. The molecule has 0 fully saturated rings. The molecule has 1 atom stereocenters. The first-order chi connectivity index (χ1) is 8.04. The fraction of sp³-hybridized carbons (Fsp3) is 0.462. The van der Waals surface area contributed by atoms with Gasteiger partial charge in [0.25, 0.3) is 0 Å². The molecule has 0 radical (unpaired) electrons. The Kier molecular flexibility index (Phi) is 4.82. The van der Waals surface area contributed by atoms with Gasteiger partial charge in [0.15, 0.2) is 0 Å². The Morgan fingerprint density at radius 2 is 2.24 bits per heavy atom. The van der Waals surface area contributed by atoms with Gasteiger partial charge in [-0.2, -0.15) is 0 Å². The highest BCUT2D eigenvalue weighted by molar-refractivity contribution is 5.90. The Hall–Kier alpha value is -1.71. The highest BCUT2D eigenvalue weighted by Gasteiger charge is 2.08. The van der Waals surface area contributed by atoms with Crippen LogP contribution in [0.1, 0.15) is 43.5 Å². The largest absolute Gasteiger partial charge is 0.478 e. The summed E-state index contributed by atoms with van der Waals surface area (Å²) in [5.41, 5.74) is 7.31. The van der Waals surface area contributed by atoms with Crippen LogP contribution in [0.25, 0.3) is 0 Å². The number of hydrogen-bond acceptors (Lipinski definition) is 3. The third-order valence-corrected chi connectivity index (χ3v) is 2.69. The summed E-state index contributed by atoms with van der Waals surface area (Å²) in [5, 5.41) is 12.1. The first kappa shape index (κ1) is 13.4. The smallest absolute Gasteiger partial charge is 0.335 e. The number of aromatic carboxylic acids is 1. The quantitative estimate of drug-likeness (QED) is 0.664. The van der Waals surface area contributed by atoms with Gasteiger partial charge in [0.05, 0.1) is 16.9 Å². The number of hydrogen-bond donors (Lipinski definition) is 3. The van der Waals surface area contributed by atoms with Crippen LogP contribution in [0.2, 0.25) is 0 Å². The van der Waals surface area contributed by atoms with E-state index >= 15 is 0 Å². The molecule has 1 aromatic carbocycles. The molecule has 94 valence electrons. The maximum absolute atomic E-state index is 10.8. The fourth-order valence-electron chi connectivity index (χ4n) is 1.68. The second-order valence-corrected chi connectivity index (χ2v) is 4.29. The summed E-state index contributed by atoms with van der Waals surface area (Å²) >= 11 is 0. The molecule has 1 aromatic rings. The predicted octanol–water partition coefficient (Wildman–Crippen LogP) is 2.96. The van der Waals surface area contributed by atoms with E-state index in [1.54, 1.807) is 12.1 Å². The van der Waals surface area contributed by atoms with Gasteiger partial charge in [0.1, 0.15) is 0 Å². The van der Waals surface area contributed by atoms with Crippen LogP contribution in [-0.2, 0) is 0 Å². The number of nitrogens with one attached hydrogen (secondary N) is 1. The van der Waals surface area contributed by atoms with Crippen LogP contribution in [-0.4, -0.2) is 17.1 Å². The van der Waals surface area contributed by atoms with Crippen LogP contribution in [0.3, 0.4) is 0 Å². The summed E-state index contributed by atoms with van der Waals surface area (Å²) in [7, 11) is 0. The number of anilines is 2. The Balaban J connectivity index is 2.69. The van der Waals surface area contributed by atoms with Crippen LogP contribution >= 0.6 is 0 Å². The lowest BCUT2D eigenvalue weighted by Gasteiger charge is -2.16. The predicted molar refractivity (Wildman–Crippen MR) is 70.4 cm³/mol. The van der Waals surface area contributed by atoms with Gasteiger partial charge in [0.2, 0.25) is 0 Å². The molecule has 1 rings (SSSR count). The molecular weight excluding hydrogens is 216 g/mol. The van der Waals surface area contributed by atoms with Gasteiger partial charge in [0, 0.05) is 6.04 Å². The Morgan fingerprint density at radius 1 is 1.53 bits per heavy atom. The van der Waals surface area contributed by atoms with Crippen molar-refractivity contribution < 1.29 is 9.90 Å². The number of nitrogen functional groups attached to an aromatic ring is 1. The molecule has 0 aliphatic heterocycles. The summed E-state index contributed by atoms with van der Waals surface area (Å²) in [6.45, 7) is 4.25. The molecule has 1 unspecified atom stereocenters. The van der Waals surface area contributed by atoms with Crippen molar-refractivity contribution in [2.24, 2.45) is 0 Å². The standard InChI is InChI=1S/C13H20N2O2/c1-3-4-5-9(2)15-12-7-6-10(13(16)17)8-11(12)14/h6-9,15H,3-5,14H2,1-2H3,(H,16,17). The van der Waals surface area contributed by atoms with Crippen LogP contribution in [0.5, 0.6) is 0 Å². The number of rotatable bonds is 6. The minimum absolute atomic E-state index is 0.217. The summed E-state index contributed by atoms with van der Waals surface area (Å²) in [6.07, 6.45) is 3.41. The van der Waals surface area contributed by atoms with E-state index in [2.05, 4.69) is 19.2 Å². The summed E-state index contributed by atoms with van der Waals surface area (Å²) in [4.78, 5) is 10.8. The third-order valence-electron chi connectivity index (χ3n) is 2.69. The monoisotopic (exact) mass is 236 g/mol. The third kappa shape index (κ3) is 3.98. The molecule has 0 saturated heterocycles. The topological polar surface area (TPSA) is 75.3 Å². The van der Waals surface area contributed by atoms with Gasteiger partial charge < -0.3 is 16.2 Å². The second-order valence-electron chi connectivity index (χ2n) is 4.29. The Morgan fingerprint density at radius 3 is 2.76 bits per heavy atom. The first-order valence-electron chi connectivity index (χ1n) is 5.94. The molecule has 0 spiro atoms. The van der Waals surface area contributed by atoms with Crippen molar-refractivity contribution >= 4 is 17.3 Å². The molecule has 0 bridgehead atoms. The van der Waals surface area contributed by atoms with E-state index in [-0.39, 0.29) is 5.56 Å². The van der Waals surface area contributed by atoms with E-state index in [4.69, 9.17) is 10.8 Å². The maximum Gasteiger partial charge on any atom is 0.335 e. The molecule has 4 nitrogen and oxygen atoms in total. The molecule has 0 saturated carbocycles. The summed E-state index contributed by atoms with van der Waals surface area (Å²) < 4.78 is 0. The van der Waals surface area contributed by atoms with Crippen LogP contribution in [0, 0.1) is 0 Å². The average Bonchev–Trinajstić information content (AvgIpc) is 2.28.